The minimum absolute atomic E-state index is 0.150. The van der Waals surface area contributed by atoms with Gasteiger partial charge in [0.15, 0.2) is 11.9 Å². The molecule has 5 aliphatic rings. The van der Waals surface area contributed by atoms with Crippen LogP contribution in [0.15, 0.2) is 12.1 Å². The molecular formula is C24H34O7. The first-order valence-corrected chi connectivity index (χ1v) is 11.4. The highest BCUT2D eigenvalue weighted by Crippen LogP contribution is 2.63. The Labute approximate surface area is 184 Å². The van der Waals surface area contributed by atoms with Crippen molar-refractivity contribution in [2.24, 2.45) is 23.7 Å². The summed E-state index contributed by atoms with van der Waals surface area (Å²) in [5, 5.41) is 0. The summed E-state index contributed by atoms with van der Waals surface area (Å²) in [7, 11) is 4.95. The number of methoxy groups -OCH3 is 3. The molecule has 1 aliphatic carbocycles. The number of hydrogen-bond acceptors (Lipinski definition) is 7. The largest absolute Gasteiger partial charge is 0.496 e. The Bertz CT molecular complexity index is 818. The maximum absolute atomic E-state index is 6.77. The molecule has 6 rings (SSSR count). The van der Waals surface area contributed by atoms with Gasteiger partial charge in [-0.3, -0.25) is 0 Å². The van der Waals surface area contributed by atoms with E-state index in [4.69, 9.17) is 33.5 Å². The normalized spacial score (nSPS) is 43.7. The summed E-state index contributed by atoms with van der Waals surface area (Å²) in [5.41, 5.74) is 0.300. The maximum atomic E-state index is 6.77. The summed E-state index contributed by atoms with van der Waals surface area (Å²) in [4.78, 5) is 12.2. The summed E-state index contributed by atoms with van der Waals surface area (Å²) < 4.78 is 30.2. The van der Waals surface area contributed by atoms with Crippen LogP contribution in [0.3, 0.4) is 0 Å². The second kappa shape index (κ2) is 7.51. The highest BCUT2D eigenvalue weighted by Gasteiger charge is 2.69. The van der Waals surface area contributed by atoms with Gasteiger partial charge in [-0.1, -0.05) is 13.8 Å². The van der Waals surface area contributed by atoms with Gasteiger partial charge < -0.3 is 23.7 Å². The zero-order valence-electron chi connectivity index (χ0n) is 19.3. The number of hydrogen-bond donors (Lipinski definition) is 0. The topological polar surface area (TPSA) is 64.6 Å². The Morgan fingerprint density at radius 2 is 1.61 bits per heavy atom. The van der Waals surface area contributed by atoms with Crippen LogP contribution in [0.25, 0.3) is 0 Å². The van der Waals surface area contributed by atoms with Crippen LogP contribution in [0.4, 0.5) is 0 Å². The summed E-state index contributed by atoms with van der Waals surface area (Å²) in [5.74, 6) is 2.51. The van der Waals surface area contributed by atoms with Crippen molar-refractivity contribution < 1.29 is 33.5 Å². The van der Waals surface area contributed by atoms with E-state index in [0.717, 1.165) is 31.2 Å². The first-order valence-electron chi connectivity index (χ1n) is 11.4. The first-order chi connectivity index (χ1) is 14.9. The van der Waals surface area contributed by atoms with E-state index in [9.17, 15) is 0 Å². The van der Waals surface area contributed by atoms with E-state index in [1.54, 1.807) is 21.3 Å². The van der Waals surface area contributed by atoms with Crippen LogP contribution < -0.4 is 14.2 Å². The molecule has 172 valence electrons. The van der Waals surface area contributed by atoms with Gasteiger partial charge in [-0.05, 0) is 43.9 Å². The second-order valence-electron chi connectivity index (χ2n) is 9.77. The molecule has 1 saturated carbocycles. The molecule has 1 spiro atoms. The van der Waals surface area contributed by atoms with E-state index < -0.39 is 17.7 Å². The number of rotatable bonds is 4. The van der Waals surface area contributed by atoms with Gasteiger partial charge in [0.1, 0.15) is 17.2 Å². The van der Waals surface area contributed by atoms with Crippen LogP contribution in [0, 0.1) is 23.7 Å². The fourth-order valence-corrected chi connectivity index (χ4v) is 6.55. The van der Waals surface area contributed by atoms with Crippen LogP contribution in [-0.4, -0.2) is 39.0 Å². The Kier molecular flexibility index (Phi) is 5.16. The Hall–Kier alpha value is -1.54. The fraction of sp³-hybridized carbons (Fsp3) is 0.750. The number of ether oxygens (including phenoxy) is 5. The molecule has 5 fully saturated rings. The molecule has 1 unspecified atom stereocenters. The van der Waals surface area contributed by atoms with E-state index in [-0.39, 0.29) is 17.9 Å². The summed E-state index contributed by atoms with van der Waals surface area (Å²) in [6.07, 6.45) is 3.24. The van der Waals surface area contributed by atoms with E-state index in [1.807, 2.05) is 19.1 Å². The van der Waals surface area contributed by atoms with Crippen molar-refractivity contribution in [3.8, 4) is 17.2 Å². The van der Waals surface area contributed by atoms with Gasteiger partial charge in [0.2, 0.25) is 5.79 Å². The summed E-state index contributed by atoms with van der Waals surface area (Å²) in [6.45, 7) is 6.50. The maximum Gasteiger partial charge on any atom is 0.201 e. The average molecular weight is 435 g/mol. The predicted octanol–water partition coefficient (Wildman–Crippen LogP) is 4.64. The van der Waals surface area contributed by atoms with E-state index in [0.29, 0.717) is 29.1 Å². The lowest BCUT2D eigenvalue weighted by Gasteiger charge is -2.60. The van der Waals surface area contributed by atoms with Crippen LogP contribution in [-0.2, 0) is 19.2 Å². The molecule has 0 amide bonds. The molecule has 4 heterocycles. The molecule has 0 aromatic heterocycles. The smallest absolute Gasteiger partial charge is 0.201 e. The molecule has 31 heavy (non-hydrogen) atoms. The van der Waals surface area contributed by atoms with E-state index >= 15 is 0 Å². The fourth-order valence-electron chi connectivity index (χ4n) is 6.55. The molecular weight excluding hydrogens is 400 g/mol. The van der Waals surface area contributed by atoms with Crippen molar-refractivity contribution in [2.45, 2.75) is 70.2 Å². The zero-order chi connectivity index (χ0) is 22.0. The van der Waals surface area contributed by atoms with Crippen molar-refractivity contribution in [2.75, 3.05) is 21.3 Å². The summed E-state index contributed by atoms with van der Waals surface area (Å²) in [6, 6.07) is 3.76. The van der Waals surface area contributed by atoms with Gasteiger partial charge in [-0.2, -0.15) is 0 Å². The van der Waals surface area contributed by atoms with Crippen LogP contribution >= 0.6 is 0 Å². The molecule has 2 bridgehead atoms. The minimum atomic E-state index is -0.795. The SMILES string of the molecule is COc1cc(OC)c(C2O[C@@H]3O[C@@]4(C)CC[C@H]5[C@@H](C)CC[C@@H]([C@@H]2C)[C@]35OO4)c(OC)c1. The van der Waals surface area contributed by atoms with Crippen molar-refractivity contribution in [3.63, 3.8) is 0 Å². The Morgan fingerprint density at radius 1 is 0.903 bits per heavy atom. The van der Waals surface area contributed by atoms with Crippen molar-refractivity contribution in [1.29, 1.82) is 0 Å². The lowest BCUT2D eigenvalue weighted by Crippen LogP contribution is -2.69. The van der Waals surface area contributed by atoms with E-state index in [2.05, 4.69) is 13.8 Å². The Morgan fingerprint density at radius 3 is 2.26 bits per heavy atom. The van der Waals surface area contributed by atoms with Gasteiger partial charge in [0.05, 0.1) is 33.0 Å². The van der Waals surface area contributed by atoms with Gasteiger partial charge in [0.25, 0.3) is 0 Å². The van der Waals surface area contributed by atoms with Crippen molar-refractivity contribution in [1.82, 2.24) is 0 Å². The predicted molar refractivity (Wildman–Crippen MR) is 112 cm³/mol. The molecule has 0 radical (unpaired) electrons. The zero-order valence-corrected chi connectivity index (χ0v) is 19.3. The number of fused-ring (bicyclic) bond motifs is 2. The van der Waals surface area contributed by atoms with Gasteiger partial charge in [-0.25, -0.2) is 9.78 Å². The molecule has 7 nitrogen and oxygen atoms in total. The molecule has 1 aromatic carbocycles. The van der Waals surface area contributed by atoms with Gasteiger partial charge >= 0.3 is 0 Å². The molecule has 0 N–H and O–H groups in total. The Balaban J connectivity index is 1.61. The van der Waals surface area contributed by atoms with Gasteiger partial charge in [-0.15, -0.1) is 0 Å². The number of benzene rings is 1. The molecule has 4 saturated heterocycles. The molecule has 4 aliphatic heterocycles. The lowest BCUT2D eigenvalue weighted by molar-refractivity contribution is -0.571. The average Bonchev–Trinajstić information content (AvgIpc) is 3.01. The molecule has 1 aromatic rings. The quantitative estimate of drug-likeness (QED) is 0.640. The lowest BCUT2D eigenvalue weighted by atomic mass is 9.57. The summed E-state index contributed by atoms with van der Waals surface area (Å²) >= 11 is 0. The third kappa shape index (κ3) is 3.00. The second-order valence-corrected chi connectivity index (χ2v) is 9.77. The van der Waals surface area contributed by atoms with Crippen LogP contribution in [0.2, 0.25) is 0 Å². The van der Waals surface area contributed by atoms with Crippen molar-refractivity contribution in [3.05, 3.63) is 17.7 Å². The van der Waals surface area contributed by atoms with Crippen molar-refractivity contribution >= 4 is 0 Å². The minimum Gasteiger partial charge on any atom is -0.496 e. The third-order valence-electron chi connectivity index (χ3n) is 8.20. The van der Waals surface area contributed by atoms with Crippen LogP contribution in [0.1, 0.15) is 58.1 Å². The first kappa shape index (κ1) is 21.3. The third-order valence-corrected chi connectivity index (χ3v) is 8.20. The molecule has 7 heteroatoms. The monoisotopic (exact) mass is 434 g/mol. The standard InChI is InChI=1S/C24H34O7/c1-13-7-8-17-14(2)21(20-18(26-5)11-15(25-4)12-19(20)27-6)28-22-24(17)16(13)9-10-23(3,29-22)30-31-24/h11-14,16-17,21-22H,7-10H2,1-6H3/t13-,14-,16-,17-,21?,22+,23+,24-/m0/s1. The highest BCUT2D eigenvalue weighted by molar-refractivity contribution is 5.52. The van der Waals surface area contributed by atoms with Crippen LogP contribution in [0.5, 0.6) is 17.2 Å². The molecule has 8 atom stereocenters. The van der Waals surface area contributed by atoms with Gasteiger partial charge in [0, 0.05) is 24.5 Å². The van der Waals surface area contributed by atoms with E-state index in [1.165, 1.54) is 0 Å². The highest BCUT2D eigenvalue weighted by atomic mass is 17.3.